The highest BCUT2D eigenvalue weighted by atomic mass is 16.7. The molecule has 1 aliphatic rings. The first-order valence-corrected chi connectivity index (χ1v) is 4.74. The second-order valence-electron chi connectivity index (χ2n) is 3.18. The predicted molar refractivity (Wildman–Crippen MR) is 49.9 cm³/mol. The van der Waals surface area contributed by atoms with E-state index >= 15 is 0 Å². The SMILES string of the molecule is CC(=O)N(OC(=O)C1COCCO1)C(C)=O. The maximum atomic E-state index is 11.4. The second kappa shape index (κ2) is 5.57. The van der Waals surface area contributed by atoms with Crippen LogP contribution >= 0.6 is 0 Å². The quantitative estimate of drug-likeness (QED) is 0.552. The van der Waals surface area contributed by atoms with Gasteiger partial charge in [0, 0.05) is 13.8 Å². The van der Waals surface area contributed by atoms with Gasteiger partial charge in [-0.2, -0.15) is 0 Å². The van der Waals surface area contributed by atoms with Crippen molar-refractivity contribution in [2.24, 2.45) is 0 Å². The smallest absolute Gasteiger partial charge is 0.364 e. The Morgan fingerprint density at radius 1 is 1.19 bits per heavy atom. The number of hydrogen-bond acceptors (Lipinski definition) is 6. The minimum Gasteiger partial charge on any atom is -0.376 e. The lowest BCUT2D eigenvalue weighted by molar-refractivity contribution is -0.214. The van der Waals surface area contributed by atoms with Crippen molar-refractivity contribution in [3.63, 3.8) is 0 Å². The molecule has 1 atom stereocenters. The van der Waals surface area contributed by atoms with Crippen LogP contribution in [0, 0.1) is 0 Å². The van der Waals surface area contributed by atoms with Crippen LogP contribution in [-0.4, -0.2) is 48.8 Å². The number of hydrogen-bond donors (Lipinski definition) is 0. The van der Waals surface area contributed by atoms with Crippen LogP contribution in [0.3, 0.4) is 0 Å². The van der Waals surface area contributed by atoms with E-state index in [0.29, 0.717) is 11.7 Å². The third-order valence-electron chi connectivity index (χ3n) is 1.83. The molecule has 0 aliphatic carbocycles. The molecule has 2 amide bonds. The van der Waals surface area contributed by atoms with Crippen molar-refractivity contribution in [2.45, 2.75) is 20.0 Å². The molecule has 1 heterocycles. The van der Waals surface area contributed by atoms with Crippen LogP contribution in [-0.2, 0) is 28.7 Å². The van der Waals surface area contributed by atoms with Crippen LogP contribution in [0.4, 0.5) is 0 Å². The van der Waals surface area contributed by atoms with E-state index in [1.807, 2.05) is 0 Å². The fraction of sp³-hybridized carbons (Fsp3) is 0.667. The molecule has 0 radical (unpaired) electrons. The average Bonchev–Trinajstić information content (AvgIpc) is 2.25. The summed E-state index contributed by atoms with van der Waals surface area (Å²) < 4.78 is 10.0. The third kappa shape index (κ3) is 3.28. The van der Waals surface area contributed by atoms with Crippen LogP contribution in [0.25, 0.3) is 0 Å². The molecular weight excluding hydrogens is 218 g/mol. The largest absolute Gasteiger partial charge is 0.376 e. The zero-order valence-electron chi connectivity index (χ0n) is 9.10. The van der Waals surface area contributed by atoms with Crippen LogP contribution in [0.5, 0.6) is 0 Å². The van der Waals surface area contributed by atoms with Gasteiger partial charge < -0.3 is 14.3 Å². The molecule has 0 spiro atoms. The van der Waals surface area contributed by atoms with Crippen molar-refractivity contribution < 1.29 is 28.7 Å². The van der Waals surface area contributed by atoms with Crippen molar-refractivity contribution in [1.29, 1.82) is 0 Å². The second-order valence-corrected chi connectivity index (χ2v) is 3.18. The number of amides is 2. The van der Waals surface area contributed by atoms with E-state index in [1.54, 1.807) is 0 Å². The maximum absolute atomic E-state index is 11.4. The first-order chi connectivity index (χ1) is 7.52. The van der Waals surface area contributed by atoms with Gasteiger partial charge in [0.15, 0.2) is 6.10 Å². The fourth-order valence-electron chi connectivity index (χ4n) is 1.12. The number of imide groups is 1. The lowest BCUT2D eigenvalue weighted by atomic mass is 10.3. The fourth-order valence-corrected chi connectivity index (χ4v) is 1.12. The zero-order chi connectivity index (χ0) is 12.1. The summed E-state index contributed by atoms with van der Waals surface area (Å²) in [6.45, 7) is 2.98. The van der Waals surface area contributed by atoms with Crippen molar-refractivity contribution in [1.82, 2.24) is 5.06 Å². The molecule has 16 heavy (non-hydrogen) atoms. The van der Waals surface area contributed by atoms with Gasteiger partial charge in [-0.05, 0) is 0 Å². The lowest BCUT2D eigenvalue weighted by Gasteiger charge is -2.23. The molecule has 1 unspecified atom stereocenters. The molecule has 1 aliphatic heterocycles. The molecule has 0 saturated carbocycles. The molecule has 0 aromatic rings. The number of rotatable bonds is 1. The summed E-state index contributed by atoms with van der Waals surface area (Å²) in [5.74, 6) is -2.15. The first-order valence-electron chi connectivity index (χ1n) is 4.74. The Hall–Kier alpha value is -1.47. The van der Waals surface area contributed by atoms with Crippen LogP contribution in [0.15, 0.2) is 0 Å². The van der Waals surface area contributed by atoms with E-state index in [-0.39, 0.29) is 13.2 Å². The predicted octanol–water partition coefficient (Wildman–Crippen LogP) is -0.745. The molecule has 0 bridgehead atoms. The minimum absolute atomic E-state index is 0.0580. The van der Waals surface area contributed by atoms with E-state index < -0.39 is 23.9 Å². The van der Waals surface area contributed by atoms with E-state index in [0.717, 1.165) is 13.8 Å². The van der Waals surface area contributed by atoms with Gasteiger partial charge >= 0.3 is 5.97 Å². The minimum atomic E-state index is -0.894. The van der Waals surface area contributed by atoms with Gasteiger partial charge in [-0.15, -0.1) is 5.06 Å². The first kappa shape index (κ1) is 12.6. The Labute approximate surface area is 92.2 Å². The summed E-state index contributed by atoms with van der Waals surface area (Å²) in [6.07, 6.45) is -0.894. The maximum Gasteiger partial charge on any atom is 0.364 e. The summed E-state index contributed by atoms with van der Waals surface area (Å²) in [4.78, 5) is 38.0. The molecule has 0 aromatic heterocycles. The Morgan fingerprint density at radius 2 is 1.81 bits per heavy atom. The highest BCUT2D eigenvalue weighted by Crippen LogP contribution is 2.05. The summed E-state index contributed by atoms with van der Waals surface area (Å²) in [6, 6.07) is 0. The number of nitrogens with zero attached hydrogens (tertiary/aromatic N) is 1. The van der Waals surface area contributed by atoms with Crippen LogP contribution < -0.4 is 0 Å². The van der Waals surface area contributed by atoms with Crippen molar-refractivity contribution in [2.75, 3.05) is 19.8 Å². The third-order valence-corrected chi connectivity index (χ3v) is 1.83. The van der Waals surface area contributed by atoms with Crippen LogP contribution in [0.2, 0.25) is 0 Å². The van der Waals surface area contributed by atoms with Gasteiger partial charge in [0.25, 0.3) is 11.8 Å². The van der Waals surface area contributed by atoms with E-state index in [1.165, 1.54) is 0 Å². The normalized spacial score (nSPS) is 20.0. The molecule has 90 valence electrons. The lowest BCUT2D eigenvalue weighted by Crippen LogP contribution is -2.43. The molecule has 7 heteroatoms. The van der Waals surface area contributed by atoms with Crippen molar-refractivity contribution in [3.8, 4) is 0 Å². The van der Waals surface area contributed by atoms with E-state index in [9.17, 15) is 14.4 Å². The van der Waals surface area contributed by atoms with Gasteiger partial charge in [-0.25, -0.2) is 4.79 Å². The highest BCUT2D eigenvalue weighted by molar-refractivity contribution is 5.93. The number of hydroxylamine groups is 2. The zero-order valence-corrected chi connectivity index (χ0v) is 9.10. The van der Waals surface area contributed by atoms with Gasteiger partial charge in [-0.3, -0.25) is 9.59 Å². The molecule has 1 saturated heterocycles. The van der Waals surface area contributed by atoms with Crippen molar-refractivity contribution >= 4 is 17.8 Å². The van der Waals surface area contributed by atoms with Gasteiger partial charge in [0.2, 0.25) is 0 Å². The molecular formula is C9H13NO6. The number of carbonyl (C=O) groups is 3. The average molecular weight is 231 g/mol. The summed E-state index contributed by atoms with van der Waals surface area (Å²) >= 11 is 0. The molecule has 1 rings (SSSR count). The molecule has 7 nitrogen and oxygen atoms in total. The Bertz CT molecular complexity index is 282. The topological polar surface area (TPSA) is 82.1 Å². The highest BCUT2D eigenvalue weighted by Gasteiger charge is 2.29. The summed E-state index contributed by atoms with van der Waals surface area (Å²) in [7, 11) is 0. The Balaban J connectivity index is 2.53. The molecule has 1 fully saturated rings. The van der Waals surface area contributed by atoms with E-state index in [2.05, 4.69) is 4.84 Å². The van der Waals surface area contributed by atoms with Gasteiger partial charge in [0.1, 0.15) is 0 Å². The number of ether oxygens (including phenoxy) is 2. The van der Waals surface area contributed by atoms with Gasteiger partial charge in [0.05, 0.1) is 19.8 Å². The number of carbonyl (C=O) groups excluding carboxylic acids is 3. The Kier molecular flexibility index (Phi) is 4.39. The summed E-state index contributed by atoms with van der Waals surface area (Å²) in [5.41, 5.74) is 0. The van der Waals surface area contributed by atoms with Crippen molar-refractivity contribution in [3.05, 3.63) is 0 Å². The standard InChI is InChI=1S/C9H13NO6/c1-6(11)10(7(2)12)16-9(13)8-5-14-3-4-15-8/h8H,3-5H2,1-2H3. The molecule has 0 aromatic carbocycles. The van der Waals surface area contributed by atoms with Crippen LogP contribution in [0.1, 0.15) is 13.8 Å². The summed E-state index contributed by atoms with van der Waals surface area (Å²) in [5, 5.41) is 0.389. The molecule has 0 N–H and O–H groups in total. The Morgan fingerprint density at radius 3 is 2.25 bits per heavy atom. The van der Waals surface area contributed by atoms with Gasteiger partial charge in [-0.1, -0.05) is 0 Å². The monoisotopic (exact) mass is 231 g/mol. The van der Waals surface area contributed by atoms with E-state index in [4.69, 9.17) is 9.47 Å².